The van der Waals surface area contributed by atoms with E-state index in [1.807, 2.05) is 0 Å². The summed E-state index contributed by atoms with van der Waals surface area (Å²) < 4.78 is 11.3. The van der Waals surface area contributed by atoms with Crippen molar-refractivity contribution in [1.29, 1.82) is 0 Å². The Bertz CT molecular complexity index is 516. The molecule has 1 unspecified atom stereocenters. The molecular formula is C11H16N2O6. The van der Waals surface area contributed by atoms with Gasteiger partial charge in [-0.15, -0.1) is 0 Å². The summed E-state index contributed by atoms with van der Waals surface area (Å²) in [5, 5.41) is 28.5. The summed E-state index contributed by atoms with van der Waals surface area (Å²) in [5.74, 6) is 0.359. The van der Waals surface area contributed by atoms with Crippen molar-refractivity contribution < 1.29 is 24.8 Å². The number of methoxy groups -OCH3 is 1. The molecule has 0 amide bonds. The monoisotopic (exact) mass is 272 g/mol. The van der Waals surface area contributed by atoms with Crippen molar-refractivity contribution >= 4 is 0 Å². The first-order valence-corrected chi connectivity index (χ1v) is 5.75. The van der Waals surface area contributed by atoms with Gasteiger partial charge >= 0.3 is 5.69 Å². The summed E-state index contributed by atoms with van der Waals surface area (Å²) in [6.45, 7) is 1.15. The summed E-state index contributed by atoms with van der Waals surface area (Å²) in [7, 11) is 1.43. The maximum absolute atomic E-state index is 11.8. The maximum atomic E-state index is 11.8. The first kappa shape index (κ1) is 13.9. The molecule has 0 aromatic carbocycles. The van der Waals surface area contributed by atoms with Crippen molar-refractivity contribution in [2.24, 2.45) is 0 Å². The molecular weight excluding hydrogens is 256 g/mol. The fourth-order valence-electron chi connectivity index (χ4n) is 2.02. The molecule has 1 fully saturated rings. The van der Waals surface area contributed by atoms with Crippen molar-refractivity contribution in [2.75, 3.05) is 13.7 Å². The van der Waals surface area contributed by atoms with Crippen molar-refractivity contribution in [3.8, 4) is 5.75 Å². The van der Waals surface area contributed by atoms with E-state index < -0.39 is 36.8 Å². The van der Waals surface area contributed by atoms with E-state index in [-0.39, 0.29) is 0 Å². The summed E-state index contributed by atoms with van der Waals surface area (Å²) in [5.41, 5.74) is -0.219. The number of aromatic nitrogens is 2. The first-order chi connectivity index (χ1) is 8.99. The lowest BCUT2D eigenvalue weighted by Crippen LogP contribution is -2.36. The van der Waals surface area contributed by atoms with Crippen LogP contribution in [0.1, 0.15) is 11.9 Å². The molecule has 2 rings (SSSR count). The predicted molar refractivity (Wildman–Crippen MR) is 62.8 cm³/mol. The largest absolute Gasteiger partial charge is 0.493 e. The Balaban J connectivity index is 2.40. The van der Waals surface area contributed by atoms with Crippen LogP contribution in [0.25, 0.3) is 0 Å². The van der Waals surface area contributed by atoms with Gasteiger partial charge in [-0.25, -0.2) is 4.79 Å². The third-order valence-electron chi connectivity index (χ3n) is 3.11. The van der Waals surface area contributed by atoms with Crippen LogP contribution in [-0.2, 0) is 4.74 Å². The molecule has 0 radical (unpaired) electrons. The molecule has 2 heterocycles. The Kier molecular flexibility index (Phi) is 3.85. The van der Waals surface area contributed by atoms with Gasteiger partial charge in [-0.2, -0.15) is 4.98 Å². The highest BCUT2D eigenvalue weighted by atomic mass is 16.6. The Labute approximate surface area is 108 Å². The Hall–Kier alpha value is -1.48. The van der Waals surface area contributed by atoms with Gasteiger partial charge in [-0.1, -0.05) is 0 Å². The van der Waals surface area contributed by atoms with Crippen LogP contribution in [0.3, 0.4) is 0 Å². The topological polar surface area (TPSA) is 114 Å². The summed E-state index contributed by atoms with van der Waals surface area (Å²) in [6.07, 6.45) is -3.30. The number of hydrogen-bond donors (Lipinski definition) is 3. The van der Waals surface area contributed by atoms with E-state index in [0.29, 0.717) is 11.4 Å². The summed E-state index contributed by atoms with van der Waals surface area (Å²) in [4.78, 5) is 15.5. The molecule has 8 nitrogen and oxygen atoms in total. The van der Waals surface area contributed by atoms with E-state index in [9.17, 15) is 15.0 Å². The lowest BCUT2D eigenvalue weighted by Gasteiger charge is -2.18. The SMILES string of the molecule is COc1cn([C@@H]2O[C@H](CO)C(O)[C@@H]2O)c(=O)nc1C. The van der Waals surface area contributed by atoms with Crippen LogP contribution in [0.2, 0.25) is 0 Å². The minimum Gasteiger partial charge on any atom is -0.493 e. The molecule has 3 N–H and O–H groups in total. The Morgan fingerprint density at radius 3 is 2.68 bits per heavy atom. The molecule has 1 saturated heterocycles. The smallest absolute Gasteiger partial charge is 0.350 e. The second kappa shape index (κ2) is 5.25. The lowest BCUT2D eigenvalue weighted by atomic mass is 10.1. The van der Waals surface area contributed by atoms with Gasteiger partial charge in [0, 0.05) is 0 Å². The zero-order valence-electron chi connectivity index (χ0n) is 10.6. The van der Waals surface area contributed by atoms with Crippen LogP contribution in [0.5, 0.6) is 5.75 Å². The fraction of sp³-hybridized carbons (Fsp3) is 0.636. The minimum absolute atomic E-state index is 0.359. The molecule has 4 atom stereocenters. The van der Waals surface area contributed by atoms with E-state index in [0.717, 1.165) is 4.57 Å². The van der Waals surface area contributed by atoms with Crippen LogP contribution in [0.15, 0.2) is 11.0 Å². The minimum atomic E-state index is -1.33. The van der Waals surface area contributed by atoms with Gasteiger partial charge in [0.15, 0.2) is 12.0 Å². The van der Waals surface area contributed by atoms with E-state index in [2.05, 4.69) is 4.98 Å². The highest BCUT2D eigenvalue weighted by Crippen LogP contribution is 2.29. The molecule has 0 saturated carbocycles. The Morgan fingerprint density at radius 2 is 2.16 bits per heavy atom. The average Bonchev–Trinajstić information content (AvgIpc) is 2.67. The van der Waals surface area contributed by atoms with Crippen LogP contribution < -0.4 is 10.4 Å². The normalized spacial score (nSPS) is 30.6. The van der Waals surface area contributed by atoms with Crippen LogP contribution in [0, 0.1) is 6.92 Å². The van der Waals surface area contributed by atoms with E-state index in [4.69, 9.17) is 14.6 Å². The standard InChI is InChI=1S/C11H16N2O6/c1-5-6(18-2)3-13(11(17)12-5)10-9(16)8(15)7(4-14)19-10/h3,7-10,14-16H,4H2,1-2H3/t7-,8?,9+,10-/m1/s1. The molecule has 1 aliphatic heterocycles. The van der Waals surface area contributed by atoms with Gasteiger partial charge in [0.25, 0.3) is 0 Å². The van der Waals surface area contributed by atoms with Crippen molar-refractivity contribution in [3.05, 3.63) is 22.4 Å². The second-order valence-electron chi connectivity index (χ2n) is 4.31. The fourth-order valence-corrected chi connectivity index (χ4v) is 2.02. The van der Waals surface area contributed by atoms with Crippen molar-refractivity contribution in [3.63, 3.8) is 0 Å². The molecule has 8 heteroatoms. The molecule has 106 valence electrons. The van der Waals surface area contributed by atoms with Gasteiger partial charge in [-0.05, 0) is 6.92 Å². The number of ether oxygens (including phenoxy) is 2. The molecule has 1 aromatic heterocycles. The number of nitrogens with zero attached hydrogens (tertiary/aromatic N) is 2. The van der Waals surface area contributed by atoms with E-state index in [1.165, 1.54) is 13.3 Å². The number of aliphatic hydroxyl groups is 3. The summed E-state index contributed by atoms with van der Waals surface area (Å²) in [6, 6.07) is 0. The van der Waals surface area contributed by atoms with Gasteiger partial charge in [0.05, 0.1) is 25.6 Å². The molecule has 0 aliphatic carbocycles. The van der Waals surface area contributed by atoms with Gasteiger partial charge < -0.3 is 24.8 Å². The molecule has 1 aromatic rings. The van der Waals surface area contributed by atoms with E-state index in [1.54, 1.807) is 6.92 Å². The molecule has 0 bridgehead atoms. The van der Waals surface area contributed by atoms with E-state index >= 15 is 0 Å². The molecule has 19 heavy (non-hydrogen) atoms. The lowest BCUT2D eigenvalue weighted by molar-refractivity contribution is -0.0552. The molecule has 0 spiro atoms. The number of hydrogen-bond acceptors (Lipinski definition) is 7. The average molecular weight is 272 g/mol. The number of aryl methyl sites for hydroxylation is 1. The van der Waals surface area contributed by atoms with Crippen molar-refractivity contribution in [2.45, 2.75) is 31.5 Å². The second-order valence-corrected chi connectivity index (χ2v) is 4.31. The van der Waals surface area contributed by atoms with Crippen molar-refractivity contribution in [1.82, 2.24) is 9.55 Å². The molecule has 1 aliphatic rings. The summed E-state index contributed by atoms with van der Waals surface area (Å²) >= 11 is 0. The van der Waals surface area contributed by atoms with Gasteiger partial charge in [0.2, 0.25) is 0 Å². The zero-order chi connectivity index (χ0) is 14.2. The highest BCUT2D eigenvalue weighted by Gasteiger charge is 2.43. The van der Waals surface area contributed by atoms with Crippen LogP contribution in [0.4, 0.5) is 0 Å². The number of aliphatic hydroxyl groups excluding tert-OH is 3. The third kappa shape index (κ3) is 2.35. The predicted octanol–water partition coefficient (Wildman–Crippen LogP) is -1.83. The first-order valence-electron chi connectivity index (χ1n) is 5.75. The zero-order valence-corrected chi connectivity index (χ0v) is 10.6. The highest BCUT2D eigenvalue weighted by molar-refractivity contribution is 5.22. The third-order valence-corrected chi connectivity index (χ3v) is 3.11. The van der Waals surface area contributed by atoms with Crippen LogP contribution >= 0.6 is 0 Å². The maximum Gasteiger partial charge on any atom is 0.350 e. The van der Waals surface area contributed by atoms with Gasteiger partial charge in [-0.3, -0.25) is 4.57 Å². The van der Waals surface area contributed by atoms with Crippen LogP contribution in [-0.4, -0.2) is 56.9 Å². The number of rotatable bonds is 3. The Morgan fingerprint density at radius 1 is 1.47 bits per heavy atom. The quantitative estimate of drug-likeness (QED) is 0.593. The van der Waals surface area contributed by atoms with Gasteiger partial charge in [0.1, 0.15) is 18.3 Å².